The molecule has 0 aliphatic carbocycles. The van der Waals surface area contributed by atoms with Crippen molar-refractivity contribution in [2.45, 2.75) is 38.6 Å². The number of aromatic amines is 1. The Labute approximate surface area is 113 Å². The molecule has 0 bridgehead atoms. The van der Waals surface area contributed by atoms with E-state index in [9.17, 15) is 4.79 Å². The van der Waals surface area contributed by atoms with Gasteiger partial charge in [-0.3, -0.25) is 9.89 Å². The average Bonchev–Trinajstić information content (AvgIpc) is 2.78. The summed E-state index contributed by atoms with van der Waals surface area (Å²) in [6, 6.07) is 1.74. The highest BCUT2D eigenvalue weighted by Crippen LogP contribution is 2.14. The fourth-order valence-corrected chi connectivity index (χ4v) is 1.82. The molecular weight excluding hydrogens is 246 g/mol. The van der Waals surface area contributed by atoms with Crippen LogP contribution in [0.3, 0.4) is 0 Å². The zero-order valence-corrected chi connectivity index (χ0v) is 12.0. The number of aromatic nitrogens is 2. The quantitative estimate of drug-likeness (QED) is 0.690. The van der Waals surface area contributed by atoms with Crippen LogP contribution in [0.5, 0.6) is 0 Å². The topological polar surface area (TPSA) is 87.2 Å². The number of aliphatic hydroxyl groups excluding tert-OH is 1. The van der Waals surface area contributed by atoms with Gasteiger partial charge in [-0.15, -0.1) is 0 Å². The molecule has 1 amide bonds. The van der Waals surface area contributed by atoms with Gasteiger partial charge in [0.2, 0.25) is 0 Å². The maximum atomic E-state index is 12.1. The lowest BCUT2D eigenvalue weighted by Gasteiger charge is -2.29. The molecule has 1 aromatic heterocycles. The van der Waals surface area contributed by atoms with Crippen molar-refractivity contribution in [2.24, 2.45) is 0 Å². The third-order valence-corrected chi connectivity index (χ3v) is 2.99. The summed E-state index contributed by atoms with van der Waals surface area (Å²) in [7, 11) is 1.56. The predicted octanol–water partition coefficient (Wildman–Crippen LogP) is 1.05. The molecule has 1 aromatic rings. The van der Waals surface area contributed by atoms with Crippen LogP contribution in [0.15, 0.2) is 6.07 Å². The SMILES string of the molecule is COCC(C)(CCO)NC(=O)c1cc(C(C)C)[nH]n1. The monoisotopic (exact) mass is 269 g/mol. The number of aliphatic hydroxyl groups is 1. The molecule has 3 N–H and O–H groups in total. The minimum Gasteiger partial charge on any atom is -0.396 e. The first-order valence-electron chi connectivity index (χ1n) is 6.39. The van der Waals surface area contributed by atoms with Crippen molar-refractivity contribution in [3.63, 3.8) is 0 Å². The predicted molar refractivity (Wildman–Crippen MR) is 72.1 cm³/mol. The molecule has 0 saturated heterocycles. The van der Waals surface area contributed by atoms with Gasteiger partial charge in [-0.05, 0) is 25.3 Å². The Balaban J connectivity index is 2.75. The number of nitrogens with zero attached hydrogens (tertiary/aromatic N) is 1. The van der Waals surface area contributed by atoms with Gasteiger partial charge in [-0.25, -0.2) is 0 Å². The molecule has 0 aliphatic rings. The molecule has 1 atom stereocenters. The van der Waals surface area contributed by atoms with Gasteiger partial charge in [0, 0.05) is 19.4 Å². The van der Waals surface area contributed by atoms with E-state index in [-0.39, 0.29) is 18.4 Å². The first kappa shape index (κ1) is 15.7. The summed E-state index contributed by atoms with van der Waals surface area (Å²) in [6.07, 6.45) is 0.425. The number of amides is 1. The van der Waals surface area contributed by atoms with E-state index in [0.717, 1.165) is 5.69 Å². The van der Waals surface area contributed by atoms with Crippen LogP contribution in [-0.4, -0.2) is 47.1 Å². The maximum absolute atomic E-state index is 12.1. The van der Waals surface area contributed by atoms with E-state index < -0.39 is 5.54 Å². The number of H-pyrrole nitrogens is 1. The molecule has 1 heterocycles. The lowest BCUT2D eigenvalue weighted by Crippen LogP contribution is -2.50. The van der Waals surface area contributed by atoms with Crippen LogP contribution < -0.4 is 5.32 Å². The Morgan fingerprint density at radius 3 is 2.79 bits per heavy atom. The third kappa shape index (κ3) is 4.33. The van der Waals surface area contributed by atoms with Crippen LogP contribution in [0.25, 0.3) is 0 Å². The summed E-state index contributed by atoms with van der Waals surface area (Å²) in [4.78, 5) is 12.1. The Kier molecular flexibility index (Phi) is 5.50. The zero-order chi connectivity index (χ0) is 14.5. The highest BCUT2D eigenvalue weighted by atomic mass is 16.5. The van der Waals surface area contributed by atoms with Crippen molar-refractivity contribution >= 4 is 5.91 Å². The van der Waals surface area contributed by atoms with Gasteiger partial charge in [-0.1, -0.05) is 13.8 Å². The second-order valence-electron chi connectivity index (χ2n) is 5.28. The molecular formula is C13H23N3O3. The van der Waals surface area contributed by atoms with E-state index in [4.69, 9.17) is 9.84 Å². The number of carbonyl (C=O) groups is 1. The first-order valence-corrected chi connectivity index (χ1v) is 6.39. The lowest BCUT2D eigenvalue weighted by atomic mass is 9.99. The summed E-state index contributed by atoms with van der Waals surface area (Å²) in [6.45, 7) is 6.20. The van der Waals surface area contributed by atoms with Gasteiger partial charge in [-0.2, -0.15) is 5.10 Å². The van der Waals surface area contributed by atoms with Gasteiger partial charge in [0.1, 0.15) is 5.69 Å². The third-order valence-electron chi connectivity index (χ3n) is 2.99. The van der Waals surface area contributed by atoms with Gasteiger partial charge < -0.3 is 15.2 Å². The standard InChI is InChI=1S/C13H23N3O3/c1-9(2)10-7-11(16-15-10)12(18)14-13(3,5-6-17)8-19-4/h7,9,17H,5-6,8H2,1-4H3,(H,14,18)(H,15,16). The summed E-state index contributed by atoms with van der Waals surface area (Å²) >= 11 is 0. The smallest absolute Gasteiger partial charge is 0.272 e. The summed E-state index contributed by atoms with van der Waals surface area (Å²) < 4.78 is 5.09. The highest BCUT2D eigenvalue weighted by molar-refractivity contribution is 5.92. The summed E-state index contributed by atoms with van der Waals surface area (Å²) in [5, 5.41) is 18.8. The molecule has 0 radical (unpaired) electrons. The molecule has 0 aromatic carbocycles. The van der Waals surface area contributed by atoms with Crippen molar-refractivity contribution in [3.05, 3.63) is 17.5 Å². The normalized spacial score (nSPS) is 14.4. The van der Waals surface area contributed by atoms with Crippen molar-refractivity contribution in [2.75, 3.05) is 20.3 Å². The molecule has 6 heteroatoms. The molecule has 0 aliphatic heterocycles. The Morgan fingerprint density at radius 1 is 1.63 bits per heavy atom. The second-order valence-corrected chi connectivity index (χ2v) is 5.28. The van der Waals surface area contributed by atoms with E-state index in [1.165, 1.54) is 0 Å². The number of hydrogen-bond donors (Lipinski definition) is 3. The lowest BCUT2D eigenvalue weighted by molar-refractivity contribution is 0.0721. The van der Waals surface area contributed by atoms with E-state index in [0.29, 0.717) is 18.7 Å². The van der Waals surface area contributed by atoms with Crippen molar-refractivity contribution in [3.8, 4) is 0 Å². The largest absolute Gasteiger partial charge is 0.396 e. The Morgan fingerprint density at radius 2 is 2.32 bits per heavy atom. The summed E-state index contributed by atoms with van der Waals surface area (Å²) in [5.74, 6) is 0.0213. The van der Waals surface area contributed by atoms with Crippen LogP contribution in [0.2, 0.25) is 0 Å². The molecule has 1 rings (SSSR count). The number of nitrogens with one attached hydrogen (secondary N) is 2. The van der Waals surface area contributed by atoms with Gasteiger partial charge in [0.25, 0.3) is 5.91 Å². The minimum absolute atomic E-state index is 0.0159. The number of hydrogen-bond acceptors (Lipinski definition) is 4. The van der Waals surface area contributed by atoms with Gasteiger partial charge >= 0.3 is 0 Å². The first-order chi connectivity index (χ1) is 8.91. The second kappa shape index (κ2) is 6.68. The maximum Gasteiger partial charge on any atom is 0.272 e. The van der Waals surface area contributed by atoms with Crippen molar-refractivity contribution in [1.29, 1.82) is 0 Å². The Hall–Kier alpha value is -1.40. The van der Waals surface area contributed by atoms with Gasteiger partial charge in [0.05, 0.1) is 12.1 Å². The average molecular weight is 269 g/mol. The number of ether oxygens (including phenoxy) is 1. The molecule has 19 heavy (non-hydrogen) atoms. The molecule has 0 saturated carbocycles. The number of rotatable bonds is 7. The van der Waals surface area contributed by atoms with Crippen LogP contribution in [0, 0.1) is 0 Å². The van der Waals surface area contributed by atoms with E-state index in [2.05, 4.69) is 15.5 Å². The summed E-state index contributed by atoms with van der Waals surface area (Å²) in [5.41, 5.74) is 0.669. The van der Waals surface area contributed by atoms with Crippen LogP contribution in [0.1, 0.15) is 49.3 Å². The minimum atomic E-state index is -0.600. The molecule has 1 unspecified atom stereocenters. The van der Waals surface area contributed by atoms with E-state index in [1.54, 1.807) is 13.2 Å². The van der Waals surface area contributed by atoms with Crippen LogP contribution >= 0.6 is 0 Å². The van der Waals surface area contributed by atoms with Gasteiger partial charge in [0.15, 0.2) is 0 Å². The molecule has 6 nitrogen and oxygen atoms in total. The highest BCUT2D eigenvalue weighted by Gasteiger charge is 2.27. The van der Waals surface area contributed by atoms with Crippen LogP contribution in [-0.2, 0) is 4.74 Å². The molecule has 0 fully saturated rings. The zero-order valence-electron chi connectivity index (χ0n) is 12.0. The molecule has 108 valence electrons. The fraction of sp³-hybridized carbons (Fsp3) is 0.692. The Bertz CT molecular complexity index is 409. The van der Waals surface area contributed by atoms with Crippen molar-refractivity contribution in [1.82, 2.24) is 15.5 Å². The van der Waals surface area contributed by atoms with E-state index in [1.807, 2.05) is 20.8 Å². The fourth-order valence-electron chi connectivity index (χ4n) is 1.82. The van der Waals surface area contributed by atoms with E-state index >= 15 is 0 Å². The molecule has 0 spiro atoms. The number of methoxy groups -OCH3 is 1. The van der Waals surface area contributed by atoms with Crippen LogP contribution in [0.4, 0.5) is 0 Å². The number of carbonyl (C=O) groups excluding carboxylic acids is 1. The van der Waals surface area contributed by atoms with Crippen molar-refractivity contribution < 1.29 is 14.6 Å².